The van der Waals surface area contributed by atoms with Gasteiger partial charge in [0, 0.05) is 0 Å². The summed E-state index contributed by atoms with van der Waals surface area (Å²) < 4.78 is 5.02. The molecule has 0 atom stereocenters. The van der Waals surface area contributed by atoms with Gasteiger partial charge in [0.2, 0.25) is 0 Å². The van der Waals surface area contributed by atoms with Gasteiger partial charge in [-0.15, -0.1) is 0 Å². The van der Waals surface area contributed by atoms with Gasteiger partial charge in [0.1, 0.15) is 0 Å². The van der Waals surface area contributed by atoms with E-state index >= 15 is 0 Å². The molecule has 13 heavy (non-hydrogen) atoms. The molecule has 0 aromatic heterocycles. The van der Waals surface area contributed by atoms with Crippen LogP contribution in [0.2, 0.25) is 0 Å². The van der Waals surface area contributed by atoms with E-state index in [0.717, 1.165) is 11.1 Å². The predicted molar refractivity (Wildman–Crippen MR) is 52.0 cm³/mol. The fourth-order valence-corrected chi connectivity index (χ4v) is 1.34. The van der Waals surface area contributed by atoms with Crippen molar-refractivity contribution in [1.29, 1.82) is 0 Å². The van der Waals surface area contributed by atoms with Gasteiger partial charge in [-0.2, -0.15) is 0 Å². The molecular weight excluding hydrogens is 167 g/mol. The second kappa shape index (κ2) is 4.41. The SMILES string of the molecule is C=C/C=C1/COB(O)/C1=C(/C)CO. The van der Waals surface area contributed by atoms with E-state index in [9.17, 15) is 5.02 Å². The van der Waals surface area contributed by atoms with Crippen molar-refractivity contribution < 1.29 is 14.8 Å². The zero-order chi connectivity index (χ0) is 9.84. The lowest BCUT2D eigenvalue weighted by molar-refractivity contribution is 0.314. The van der Waals surface area contributed by atoms with Crippen molar-refractivity contribution in [2.24, 2.45) is 0 Å². The molecule has 0 aromatic rings. The molecule has 0 unspecified atom stereocenters. The molecule has 0 aliphatic carbocycles. The Morgan fingerprint density at radius 2 is 2.46 bits per heavy atom. The molecule has 1 heterocycles. The third kappa shape index (κ3) is 2.09. The van der Waals surface area contributed by atoms with Crippen molar-refractivity contribution in [2.45, 2.75) is 6.92 Å². The van der Waals surface area contributed by atoms with Crippen molar-refractivity contribution in [3.8, 4) is 0 Å². The van der Waals surface area contributed by atoms with Crippen LogP contribution in [0.15, 0.2) is 35.3 Å². The average Bonchev–Trinajstić information content (AvgIpc) is 2.47. The molecule has 0 radical (unpaired) electrons. The highest BCUT2D eigenvalue weighted by molar-refractivity contribution is 6.55. The molecule has 1 aliphatic rings. The largest absolute Gasteiger partial charge is 0.491 e. The molecule has 4 heteroatoms. The summed E-state index contributed by atoms with van der Waals surface area (Å²) in [6.07, 6.45) is 3.42. The number of allylic oxidation sites excluding steroid dienone is 2. The standard InChI is InChI=1S/C9H13BO3/c1-3-4-8-6-13-10(12)9(8)7(2)5-11/h3-4,11-12H,1,5-6H2,2H3/b8-4-,9-7-. The van der Waals surface area contributed by atoms with E-state index in [1.165, 1.54) is 0 Å². The van der Waals surface area contributed by atoms with Gasteiger partial charge in [-0.25, -0.2) is 0 Å². The summed E-state index contributed by atoms with van der Waals surface area (Å²) in [5.74, 6) is 0. The minimum atomic E-state index is -0.904. The van der Waals surface area contributed by atoms with E-state index in [-0.39, 0.29) is 6.61 Å². The highest BCUT2D eigenvalue weighted by Gasteiger charge is 2.31. The number of hydrogen-bond donors (Lipinski definition) is 2. The zero-order valence-corrected chi connectivity index (χ0v) is 7.66. The molecule has 0 bridgehead atoms. The summed E-state index contributed by atoms with van der Waals surface area (Å²) in [5.41, 5.74) is 2.30. The number of aliphatic hydroxyl groups is 1. The van der Waals surface area contributed by atoms with Crippen molar-refractivity contribution in [1.82, 2.24) is 0 Å². The van der Waals surface area contributed by atoms with Gasteiger partial charge in [-0.3, -0.25) is 0 Å². The van der Waals surface area contributed by atoms with Gasteiger partial charge in [-0.05, 0) is 23.5 Å². The first kappa shape index (κ1) is 10.2. The Kier molecular flexibility index (Phi) is 3.48. The summed E-state index contributed by atoms with van der Waals surface area (Å²) in [5, 5.41) is 18.3. The van der Waals surface area contributed by atoms with E-state index in [1.807, 2.05) is 0 Å². The van der Waals surface area contributed by atoms with Crippen LogP contribution in [-0.4, -0.2) is 30.5 Å². The quantitative estimate of drug-likeness (QED) is 0.606. The lowest BCUT2D eigenvalue weighted by Gasteiger charge is -2.03. The van der Waals surface area contributed by atoms with Crippen molar-refractivity contribution in [3.63, 3.8) is 0 Å². The fourth-order valence-electron chi connectivity index (χ4n) is 1.34. The third-order valence-electron chi connectivity index (χ3n) is 2.01. The van der Waals surface area contributed by atoms with Crippen LogP contribution in [0, 0.1) is 0 Å². The summed E-state index contributed by atoms with van der Waals surface area (Å²) in [7, 11) is -0.904. The smallest absolute Gasteiger partial charge is 0.423 e. The molecule has 1 saturated heterocycles. The normalized spacial score (nSPS) is 23.9. The van der Waals surface area contributed by atoms with E-state index < -0.39 is 7.12 Å². The maximum Gasteiger partial charge on any atom is 0.491 e. The third-order valence-corrected chi connectivity index (χ3v) is 2.01. The Morgan fingerprint density at radius 1 is 1.77 bits per heavy atom. The van der Waals surface area contributed by atoms with Crippen LogP contribution in [0.4, 0.5) is 0 Å². The van der Waals surface area contributed by atoms with E-state index in [0.29, 0.717) is 12.1 Å². The molecule has 1 rings (SSSR count). The molecular formula is C9H13BO3. The van der Waals surface area contributed by atoms with Crippen LogP contribution in [0.1, 0.15) is 6.92 Å². The summed E-state index contributed by atoms with van der Waals surface area (Å²) in [6.45, 7) is 5.65. The number of hydrogen-bond acceptors (Lipinski definition) is 3. The number of aliphatic hydroxyl groups excluding tert-OH is 1. The van der Waals surface area contributed by atoms with Gasteiger partial charge in [0.25, 0.3) is 0 Å². The Bertz CT molecular complexity index is 268. The predicted octanol–water partition coefficient (Wildman–Crippen LogP) is 0.457. The summed E-state index contributed by atoms with van der Waals surface area (Å²) >= 11 is 0. The lowest BCUT2D eigenvalue weighted by atomic mass is 9.75. The van der Waals surface area contributed by atoms with Crippen LogP contribution < -0.4 is 0 Å². The summed E-state index contributed by atoms with van der Waals surface area (Å²) in [4.78, 5) is 0. The molecule has 70 valence electrons. The molecule has 0 aromatic carbocycles. The molecule has 2 N–H and O–H groups in total. The molecule has 0 spiro atoms. The molecule has 0 saturated carbocycles. The first-order valence-corrected chi connectivity index (χ1v) is 4.12. The monoisotopic (exact) mass is 180 g/mol. The first-order valence-electron chi connectivity index (χ1n) is 4.12. The molecule has 1 aliphatic heterocycles. The number of rotatable bonds is 2. The molecule has 3 nitrogen and oxygen atoms in total. The van der Waals surface area contributed by atoms with Crippen molar-refractivity contribution in [3.05, 3.63) is 35.3 Å². The minimum absolute atomic E-state index is 0.0652. The Labute approximate surface area is 78.2 Å². The average molecular weight is 180 g/mol. The second-order valence-corrected chi connectivity index (χ2v) is 2.94. The highest BCUT2D eigenvalue weighted by Crippen LogP contribution is 2.24. The van der Waals surface area contributed by atoms with Crippen molar-refractivity contribution in [2.75, 3.05) is 13.2 Å². The summed E-state index contributed by atoms with van der Waals surface area (Å²) in [6, 6.07) is 0. The van der Waals surface area contributed by atoms with Crippen molar-refractivity contribution >= 4 is 7.12 Å². The van der Waals surface area contributed by atoms with Gasteiger partial charge in [-0.1, -0.05) is 18.7 Å². The highest BCUT2D eigenvalue weighted by atomic mass is 16.5. The van der Waals surface area contributed by atoms with E-state index in [4.69, 9.17) is 9.76 Å². The van der Waals surface area contributed by atoms with Crippen LogP contribution >= 0.6 is 0 Å². The molecule has 0 amide bonds. The first-order chi connectivity index (χ1) is 6.20. The van der Waals surface area contributed by atoms with Crippen LogP contribution in [0.5, 0.6) is 0 Å². The van der Waals surface area contributed by atoms with Crippen LogP contribution in [0.25, 0.3) is 0 Å². The van der Waals surface area contributed by atoms with E-state index in [1.54, 1.807) is 19.1 Å². The minimum Gasteiger partial charge on any atom is -0.423 e. The Hall–Kier alpha value is -0.835. The molecule has 1 fully saturated rings. The van der Waals surface area contributed by atoms with Gasteiger partial charge < -0.3 is 14.8 Å². The maximum atomic E-state index is 9.42. The topological polar surface area (TPSA) is 49.7 Å². The maximum absolute atomic E-state index is 9.42. The van der Waals surface area contributed by atoms with Gasteiger partial charge in [0.05, 0.1) is 13.2 Å². The van der Waals surface area contributed by atoms with Gasteiger partial charge >= 0.3 is 7.12 Å². The Morgan fingerprint density at radius 3 is 3.00 bits per heavy atom. The van der Waals surface area contributed by atoms with Crippen LogP contribution in [0.3, 0.4) is 0 Å². The Balaban J connectivity index is 3.02. The van der Waals surface area contributed by atoms with E-state index in [2.05, 4.69) is 6.58 Å². The van der Waals surface area contributed by atoms with Gasteiger partial charge in [0.15, 0.2) is 0 Å². The lowest BCUT2D eigenvalue weighted by Crippen LogP contribution is -2.15. The van der Waals surface area contributed by atoms with Crippen LogP contribution in [-0.2, 0) is 4.65 Å². The second-order valence-electron chi connectivity index (χ2n) is 2.94. The zero-order valence-electron chi connectivity index (χ0n) is 7.66. The fraction of sp³-hybridized carbons (Fsp3) is 0.333.